The molecule has 0 radical (unpaired) electrons. The maximum Gasteiger partial charge on any atom is 0.0937 e. The minimum atomic E-state index is 0.668. The highest BCUT2D eigenvalue weighted by Gasteiger charge is 1.97. The Labute approximate surface area is 74.5 Å². The Hall–Kier alpha value is -1.97. The highest BCUT2D eigenvalue weighted by molar-refractivity contribution is 5.77. The minimum absolute atomic E-state index is 0.668. The van der Waals surface area contributed by atoms with Crippen molar-refractivity contribution in [2.24, 2.45) is 10.9 Å². The van der Waals surface area contributed by atoms with E-state index in [1.165, 1.54) is 6.20 Å². The topological polar surface area (TPSA) is 63.5 Å². The second kappa shape index (κ2) is 2.82. The molecule has 2 rings (SSSR count). The zero-order valence-electron chi connectivity index (χ0n) is 6.88. The monoisotopic (exact) mass is 175 g/mol. The fourth-order valence-electron chi connectivity index (χ4n) is 1.31. The van der Waals surface area contributed by atoms with Crippen LogP contribution in [0.5, 0.6) is 0 Å². The van der Waals surface area contributed by atoms with Gasteiger partial charge in [0.1, 0.15) is 0 Å². The van der Waals surface area contributed by atoms with Crippen molar-refractivity contribution in [3.05, 3.63) is 41.9 Å². The van der Waals surface area contributed by atoms with E-state index in [4.69, 9.17) is 5.84 Å². The Morgan fingerprint density at radius 1 is 1.23 bits per heavy atom. The molecule has 0 aliphatic carbocycles. The third-order valence-corrected chi connectivity index (χ3v) is 1.94. The van der Waals surface area contributed by atoms with Crippen LogP contribution in [0.3, 0.4) is 0 Å². The molecule has 0 saturated heterocycles. The second-order valence-corrected chi connectivity index (χ2v) is 2.69. The number of benzene rings is 1. The van der Waals surface area contributed by atoms with Gasteiger partial charge >= 0.3 is 0 Å². The number of hydrogen-bond donors (Lipinski definition) is 2. The van der Waals surface area contributed by atoms with Crippen LogP contribution < -0.4 is 11.2 Å². The van der Waals surface area contributed by atoms with Crippen LogP contribution in [0.15, 0.2) is 41.6 Å². The van der Waals surface area contributed by atoms with Gasteiger partial charge in [-0.2, -0.15) is 9.83 Å². The Balaban J connectivity index is 3.02. The quantitative estimate of drug-likeness (QED) is 0.351. The molecule has 4 nitrogen and oxygen atoms in total. The Bertz CT molecular complexity index is 501. The predicted octanol–water partition coefficient (Wildman–Crippen LogP) is 0.653. The highest BCUT2D eigenvalue weighted by Crippen LogP contribution is 2.06. The van der Waals surface area contributed by atoms with Gasteiger partial charge in [0.25, 0.3) is 0 Å². The number of rotatable bonds is 0. The lowest BCUT2D eigenvalue weighted by molar-refractivity contribution is 0.198. The molecule has 2 aromatic rings. The van der Waals surface area contributed by atoms with E-state index in [1.807, 2.05) is 18.2 Å². The number of nitrogens with zero attached hydrogens (tertiary/aromatic N) is 2. The van der Waals surface area contributed by atoms with E-state index in [1.54, 1.807) is 12.1 Å². The van der Waals surface area contributed by atoms with E-state index in [9.17, 15) is 5.21 Å². The molecule has 66 valence electrons. The van der Waals surface area contributed by atoms with Gasteiger partial charge in [0.2, 0.25) is 0 Å². The van der Waals surface area contributed by atoms with Gasteiger partial charge in [-0.15, -0.1) is 0 Å². The van der Waals surface area contributed by atoms with Crippen LogP contribution in [-0.4, -0.2) is 9.94 Å². The first kappa shape index (κ1) is 7.67. The van der Waals surface area contributed by atoms with E-state index in [0.29, 0.717) is 10.9 Å². The van der Waals surface area contributed by atoms with E-state index >= 15 is 0 Å². The minimum Gasteiger partial charge on any atom is -0.428 e. The summed E-state index contributed by atoms with van der Waals surface area (Å²) in [5.74, 6) is 5.20. The first-order valence-electron chi connectivity index (χ1n) is 3.86. The third kappa shape index (κ3) is 1.12. The SMILES string of the molecule is NN=c1ccn(O)c2ccccc12. The van der Waals surface area contributed by atoms with Crippen molar-refractivity contribution in [3.8, 4) is 0 Å². The molecule has 0 aliphatic heterocycles. The largest absolute Gasteiger partial charge is 0.428 e. The van der Waals surface area contributed by atoms with Crippen LogP contribution in [0.1, 0.15) is 0 Å². The van der Waals surface area contributed by atoms with Crippen molar-refractivity contribution >= 4 is 10.9 Å². The van der Waals surface area contributed by atoms with Gasteiger partial charge in [0.05, 0.1) is 10.9 Å². The van der Waals surface area contributed by atoms with Crippen LogP contribution in [0.2, 0.25) is 0 Å². The van der Waals surface area contributed by atoms with Gasteiger partial charge in [-0.1, -0.05) is 18.2 Å². The van der Waals surface area contributed by atoms with Gasteiger partial charge in [-0.05, 0) is 12.1 Å². The fraction of sp³-hybridized carbons (Fsp3) is 0. The summed E-state index contributed by atoms with van der Waals surface area (Å²) >= 11 is 0. The maximum absolute atomic E-state index is 9.43. The summed E-state index contributed by atoms with van der Waals surface area (Å²) in [6, 6.07) is 9.02. The second-order valence-electron chi connectivity index (χ2n) is 2.69. The molecule has 13 heavy (non-hydrogen) atoms. The molecule has 0 unspecified atom stereocenters. The fourth-order valence-corrected chi connectivity index (χ4v) is 1.31. The van der Waals surface area contributed by atoms with Gasteiger partial charge in [0, 0.05) is 11.6 Å². The number of fused-ring (bicyclic) bond motifs is 1. The Morgan fingerprint density at radius 3 is 2.77 bits per heavy atom. The van der Waals surface area contributed by atoms with E-state index in [2.05, 4.69) is 5.10 Å². The summed E-state index contributed by atoms with van der Waals surface area (Å²) in [7, 11) is 0. The average Bonchev–Trinajstić information content (AvgIpc) is 2.19. The first-order valence-corrected chi connectivity index (χ1v) is 3.86. The molecule has 0 spiro atoms. The molecular weight excluding hydrogens is 166 g/mol. The molecule has 1 heterocycles. The van der Waals surface area contributed by atoms with Crippen molar-refractivity contribution < 1.29 is 5.21 Å². The van der Waals surface area contributed by atoms with Crippen molar-refractivity contribution in [1.82, 2.24) is 4.73 Å². The summed E-state index contributed by atoms with van der Waals surface area (Å²) in [6.07, 6.45) is 1.51. The van der Waals surface area contributed by atoms with Crippen LogP contribution in [0, 0.1) is 0 Å². The van der Waals surface area contributed by atoms with Crippen molar-refractivity contribution in [2.75, 3.05) is 0 Å². The zero-order chi connectivity index (χ0) is 9.26. The normalized spacial score (nSPS) is 12.2. The van der Waals surface area contributed by atoms with Crippen LogP contribution in [-0.2, 0) is 0 Å². The van der Waals surface area contributed by atoms with Crippen molar-refractivity contribution in [1.29, 1.82) is 0 Å². The molecule has 3 N–H and O–H groups in total. The summed E-state index contributed by atoms with van der Waals surface area (Å²) in [4.78, 5) is 0. The standard InChI is InChI=1S/C9H9N3O/c10-11-8-5-6-12(13)9-4-2-1-3-7(8)9/h1-6,13H,10H2. The predicted molar refractivity (Wildman–Crippen MR) is 48.9 cm³/mol. The molecule has 0 aliphatic rings. The zero-order valence-corrected chi connectivity index (χ0v) is 6.88. The lowest BCUT2D eigenvalue weighted by atomic mass is 10.2. The van der Waals surface area contributed by atoms with Gasteiger partial charge in [0.15, 0.2) is 0 Å². The lowest BCUT2D eigenvalue weighted by Gasteiger charge is -2.02. The number of pyridine rings is 1. The van der Waals surface area contributed by atoms with Crippen LogP contribution in [0.25, 0.3) is 10.9 Å². The molecule has 0 atom stereocenters. The van der Waals surface area contributed by atoms with Gasteiger partial charge < -0.3 is 11.0 Å². The molecule has 4 heteroatoms. The maximum atomic E-state index is 9.43. The molecule has 0 bridgehead atoms. The van der Waals surface area contributed by atoms with Gasteiger partial charge in [-0.25, -0.2) is 0 Å². The molecule has 1 aromatic carbocycles. The summed E-state index contributed by atoms with van der Waals surface area (Å²) in [6.45, 7) is 0. The van der Waals surface area contributed by atoms with Crippen molar-refractivity contribution in [2.45, 2.75) is 0 Å². The Morgan fingerprint density at radius 2 is 2.00 bits per heavy atom. The molecule has 1 aromatic heterocycles. The first-order chi connectivity index (χ1) is 6.33. The van der Waals surface area contributed by atoms with Gasteiger partial charge in [-0.3, -0.25) is 0 Å². The number of hydrogen-bond acceptors (Lipinski definition) is 3. The smallest absolute Gasteiger partial charge is 0.0937 e. The number of para-hydroxylation sites is 1. The van der Waals surface area contributed by atoms with E-state index in [-0.39, 0.29) is 0 Å². The summed E-state index contributed by atoms with van der Waals surface area (Å²) in [5.41, 5.74) is 0.689. The van der Waals surface area contributed by atoms with E-state index < -0.39 is 0 Å². The summed E-state index contributed by atoms with van der Waals surface area (Å²) in [5, 5.41) is 14.5. The van der Waals surface area contributed by atoms with Crippen LogP contribution in [0.4, 0.5) is 0 Å². The van der Waals surface area contributed by atoms with Crippen molar-refractivity contribution in [3.63, 3.8) is 0 Å². The average molecular weight is 175 g/mol. The third-order valence-electron chi connectivity index (χ3n) is 1.94. The number of nitrogens with two attached hydrogens (primary N) is 1. The van der Waals surface area contributed by atoms with E-state index in [0.717, 1.165) is 10.1 Å². The molecular formula is C9H9N3O. The lowest BCUT2D eigenvalue weighted by Crippen LogP contribution is -2.09. The molecule has 0 amide bonds. The molecule has 0 saturated carbocycles. The highest BCUT2D eigenvalue weighted by atomic mass is 16.5. The number of aromatic nitrogens is 1. The Kier molecular flexibility index (Phi) is 1.66. The molecule has 0 fully saturated rings. The van der Waals surface area contributed by atoms with Crippen LogP contribution >= 0.6 is 0 Å². The summed E-state index contributed by atoms with van der Waals surface area (Å²) < 4.78 is 1.05.